The van der Waals surface area contributed by atoms with E-state index in [-0.39, 0.29) is 12.5 Å². The van der Waals surface area contributed by atoms with Crippen LogP contribution in [0.5, 0.6) is 0 Å². The number of aliphatic hydroxyl groups is 1. The molecule has 1 aliphatic heterocycles. The lowest BCUT2D eigenvalue weighted by Crippen LogP contribution is -2.51. The number of pyridine rings is 1. The lowest BCUT2D eigenvalue weighted by molar-refractivity contribution is -0.142. The molecule has 0 bridgehead atoms. The fraction of sp³-hybridized carbons (Fsp3) is 0.286. The van der Waals surface area contributed by atoms with Gasteiger partial charge in [-0.15, -0.1) is 0 Å². The van der Waals surface area contributed by atoms with Crippen LogP contribution in [-0.2, 0) is 11.4 Å². The normalized spacial score (nSPS) is 15.5. The molecule has 0 atom stereocenters. The van der Waals surface area contributed by atoms with E-state index in [0.29, 0.717) is 18.9 Å². The monoisotopic (exact) mass is 258 g/mol. The van der Waals surface area contributed by atoms with E-state index in [4.69, 9.17) is 5.11 Å². The Bertz CT molecular complexity index is 636. The van der Waals surface area contributed by atoms with Crippen molar-refractivity contribution in [3.05, 3.63) is 35.9 Å². The Hall–Kier alpha value is -2.14. The number of aliphatic hydroxyl groups excluding tert-OH is 1. The molecule has 0 saturated carbocycles. The van der Waals surface area contributed by atoms with Crippen molar-refractivity contribution in [2.45, 2.75) is 6.61 Å². The highest BCUT2D eigenvalue weighted by Gasteiger charge is 2.34. The summed E-state index contributed by atoms with van der Waals surface area (Å²) in [4.78, 5) is 17.3. The first kappa shape index (κ1) is 11.9. The Balaban J connectivity index is 1.96. The highest BCUT2D eigenvalue weighted by atomic mass is 16.4. The van der Waals surface area contributed by atoms with Crippen LogP contribution in [0.25, 0.3) is 10.9 Å². The van der Waals surface area contributed by atoms with Crippen molar-refractivity contribution in [1.82, 2.24) is 4.98 Å². The zero-order valence-corrected chi connectivity index (χ0v) is 10.3. The SMILES string of the molecule is O=C(O)C1CN(c2nc3ccccc3cc2CO)C1. The number of rotatable bonds is 3. The number of aromatic nitrogens is 1. The van der Waals surface area contributed by atoms with E-state index in [9.17, 15) is 9.90 Å². The third-order valence-corrected chi connectivity index (χ3v) is 3.48. The molecule has 0 radical (unpaired) electrons. The van der Waals surface area contributed by atoms with Crippen molar-refractivity contribution in [3.63, 3.8) is 0 Å². The van der Waals surface area contributed by atoms with Gasteiger partial charge in [0, 0.05) is 24.0 Å². The number of carbonyl (C=O) groups is 1. The second kappa shape index (κ2) is 4.51. The van der Waals surface area contributed by atoms with Crippen LogP contribution in [0.3, 0.4) is 0 Å². The summed E-state index contributed by atoms with van der Waals surface area (Å²) in [6.45, 7) is 0.808. The minimum Gasteiger partial charge on any atom is -0.481 e. The van der Waals surface area contributed by atoms with Gasteiger partial charge in [-0.2, -0.15) is 0 Å². The quantitative estimate of drug-likeness (QED) is 0.866. The van der Waals surface area contributed by atoms with Gasteiger partial charge in [-0.05, 0) is 12.1 Å². The largest absolute Gasteiger partial charge is 0.481 e. The Morgan fingerprint density at radius 1 is 1.37 bits per heavy atom. The van der Waals surface area contributed by atoms with Crippen LogP contribution < -0.4 is 4.90 Å². The summed E-state index contributed by atoms with van der Waals surface area (Å²) in [5, 5.41) is 19.3. The van der Waals surface area contributed by atoms with Crippen LogP contribution in [0.4, 0.5) is 5.82 Å². The fourth-order valence-electron chi connectivity index (χ4n) is 2.35. The molecule has 1 aromatic heterocycles. The molecule has 98 valence electrons. The fourth-order valence-corrected chi connectivity index (χ4v) is 2.35. The van der Waals surface area contributed by atoms with Crippen molar-refractivity contribution in [3.8, 4) is 0 Å². The van der Waals surface area contributed by atoms with Crippen LogP contribution >= 0.6 is 0 Å². The molecule has 0 amide bonds. The first-order valence-corrected chi connectivity index (χ1v) is 6.16. The molecule has 0 aliphatic carbocycles. The van der Waals surface area contributed by atoms with E-state index in [1.807, 2.05) is 35.2 Å². The van der Waals surface area contributed by atoms with Crippen LogP contribution in [0.2, 0.25) is 0 Å². The van der Waals surface area contributed by atoms with Gasteiger partial charge in [0.1, 0.15) is 5.82 Å². The molecule has 0 spiro atoms. The molecular weight excluding hydrogens is 244 g/mol. The summed E-state index contributed by atoms with van der Waals surface area (Å²) in [6, 6.07) is 9.60. The Labute approximate surface area is 110 Å². The zero-order valence-electron chi connectivity index (χ0n) is 10.3. The molecule has 5 heteroatoms. The van der Waals surface area contributed by atoms with Gasteiger partial charge in [0.15, 0.2) is 0 Å². The average molecular weight is 258 g/mol. The summed E-state index contributed by atoms with van der Waals surface area (Å²) < 4.78 is 0. The average Bonchev–Trinajstić information content (AvgIpc) is 2.35. The van der Waals surface area contributed by atoms with E-state index < -0.39 is 5.97 Å². The number of para-hydroxylation sites is 1. The number of benzene rings is 1. The van der Waals surface area contributed by atoms with Gasteiger partial charge in [0.2, 0.25) is 0 Å². The number of fused-ring (bicyclic) bond motifs is 1. The number of carboxylic acids is 1. The molecule has 1 aliphatic rings. The van der Waals surface area contributed by atoms with E-state index in [1.165, 1.54) is 0 Å². The molecule has 3 rings (SSSR count). The summed E-state index contributed by atoms with van der Waals surface area (Å²) in [6.07, 6.45) is 0. The minimum atomic E-state index is -0.775. The van der Waals surface area contributed by atoms with Crippen molar-refractivity contribution in [2.75, 3.05) is 18.0 Å². The van der Waals surface area contributed by atoms with Crippen molar-refractivity contribution >= 4 is 22.7 Å². The second-order valence-corrected chi connectivity index (χ2v) is 4.76. The highest BCUT2D eigenvalue weighted by Crippen LogP contribution is 2.29. The predicted molar refractivity (Wildman–Crippen MR) is 71.0 cm³/mol. The molecule has 0 unspecified atom stereocenters. The molecule has 19 heavy (non-hydrogen) atoms. The van der Waals surface area contributed by atoms with Crippen LogP contribution in [0, 0.1) is 5.92 Å². The van der Waals surface area contributed by atoms with Gasteiger partial charge in [-0.3, -0.25) is 4.79 Å². The molecule has 1 aromatic carbocycles. The van der Waals surface area contributed by atoms with Gasteiger partial charge >= 0.3 is 5.97 Å². The van der Waals surface area contributed by atoms with E-state index in [1.54, 1.807) is 0 Å². The van der Waals surface area contributed by atoms with E-state index in [2.05, 4.69) is 4.98 Å². The number of hydrogen-bond donors (Lipinski definition) is 2. The molecule has 1 fully saturated rings. The number of carboxylic acid groups (broad SMARTS) is 1. The van der Waals surface area contributed by atoms with Crippen molar-refractivity contribution in [2.24, 2.45) is 5.92 Å². The number of hydrogen-bond acceptors (Lipinski definition) is 4. The van der Waals surface area contributed by atoms with Crippen LogP contribution in [0.15, 0.2) is 30.3 Å². The first-order valence-electron chi connectivity index (χ1n) is 6.16. The van der Waals surface area contributed by atoms with Crippen LogP contribution in [-0.4, -0.2) is 34.3 Å². The third kappa shape index (κ3) is 2.02. The molecule has 1 saturated heterocycles. The lowest BCUT2D eigenvalue weighted by Gasteiger charge is -2.38. The minimum absolute atomic E-state index is 0.0958. The van der Waals surface area contributed by atoms with Gasteiger partial charge in [0.05, 0.1) is 18.0 Å². The number of aliphatic carboxylic acids is 1. The molecule has 2 aromatic rings. The summed E-state index contributed by atoms with van der Waals surface area (Å²) in [5.74, 6) is -0.416. The van der Waals surface area contributed by atoms with E-state index >= 15 is 0 Å². The van der Waals surface area contributed by atoms with Crippen molar-refractivity contribution < 1.29 is 15.0 Å². The third-order valence-electron chi connectivity index (χ3n) is 3.48. The smallest absolute Gasteiger partial charge is 0.310 e. The standard InChI is InChI=1S/C14H14N2O3/c17-8-10-5-9-3-1-2-4-12(9)15-13(10)16-6-11(7-16)14(18)19/h1-5,11,17H,6-8H2,(H,18,19). The van der Waals surface area contributed by atoms with E-state index in [0.717, 1.165) is 16.5 Å². The maximum atomic E-state index is 10.8. The summed E-state index contributed by atoms with van der Waals surface area (Å²) in [7, 11) is 0. The zero-order chi connectivity index (χ0) is 13.4. The van der Waals surface area contributed by atoms with Gasteiger partial charge < -0.3 is 15.1 Å². The van der Waals surface area contributed by atoms with Crippen molar-refractivity contribution in [1.29, 1.82) is 0 Å². The lowest BCUT2D eigenvalue weighted by atomic mass is 9.99. The molecular formula is C14H14N2O3. The summed E-state index contributed by atoms with van der Waals surface area (Å²) >= 11 is 0. The molecule has 5 nitrogen and oxygen atoms in total. The maximum Gasteiger partial charge on any atom is 0.310 e. The Morgan fingerprint density at radius 2 is 2.11 bits per heavy atom. The topological polar surface area (TPSA) is 73.7 Å². The highest BCUT2D eigenvalue weighted by molar-refractivity contribution is 5.82. The predicted octanol–water partition coefficient (Wildman–Crippen LogP) is 1.25. The first-order chi connectivity index (χ1) is 9.19. The Kier molecular flexibility index (Phi) is 2.83. The second-order valence-electron chi connectivity index (χ2n) is 4.76. The van der Waals surface area contributed by atoms with Gasteiger partial charge in [-0.25, -0.2) is 4.98 Å². The Morgan fingerprint density at radius 3 is 2.79 bits per heavy atom. The summed E-state index contributed by atoms with van der Waals surface area (Å²) in [5.41, 5.74) is 1.59. The van der Waals surface area contributed by atoms with Crippen LogP contribution in [0.1, 0.15) is 5.56 Å². The number of anilines is 1. The van der Waals surface area contributed by atoms with Gasteiger partial charge in [0.25, 0.3) is 0 Å². The maximum absolute atomic E-state index is 10.8. The van der Waals surface area contributed by atoms with Gasteiger partial charge in [-0.1, -0.05) is 18.2 Å². The molecule has 2 heterocycles. The molecule has 2 N–H and O–H groups in total. The number of nitrogens with zero attached hydrogens (tertiary/aromatic N) is 2.